The summed E-state index contributed by atoms with van der Waals surface area (Å²) in [5.41, 5.74) is 0. The van der Waals surface area contributed by atoms with Crippen LogP contribution in [0.5, 0.6) is 0 Å². The SMILES string of the molecule is O=C(O)CCC(O)(O)C(O)(O)C(=O)O.[K].[Li]. The zero-order chi connectivity index (χ0) is 11.6. The van der Waals surface area contributed by atoms with E-state index >= 15 is 0 Å². The van der Waals surface area contributed by atoms with Gasteiger partial charge in [0.25, 0.3) is 0 Å². The zero-order valence-corrected chi connectivity index (χ0v) is 12.0. The number of aliphatic hydroxyl groups is 4. The van der Waals surface area contributed by atoms with Crippen molar-refractivity contribution >= 4 is 82.2 Å². The van der Waals surface area contributed by atoms with Crippen LogP contribution in [-0.2, 0) is 9.59 Å². The van der Waals surface area contributed by atoms with Gasteiger partial charge in [-0.3, -0.25) is 4.79 Å². The van der Waals surface area contributed by atoms with Gasteiger partial charge in [0.05, 0.1) is 6.42 Å². The van der Waals surface area contributed by atoms with Crippen LogP contribution in [0.2, 0.25) is 0 Å². The van der Waals surface area contributed by atoms with Crippen molar-refractivity contribution < 1.29 is 40.2 Å². The first-order valence-corrected chi connectivity index (χ1v) is 3.46. The number of carboxylic acid groups (broad SMARTS) is 2. The molecule has 8 nitrogen and oxygen atoms in total. The minimum Gasteiger partial charge on any atom is -0.481 e. The molecule has 2 radical (unpaired) electrons. The van der Waals surface area contributed by atoms with E-state index in [0.29, 0.717) is 0 Å². The fourth-order valence-electron chi connectivity index (χ4n) is 0.627. The summed E-state index contributed by atoms with van der Waals surface area (Å²) in [7, 11) is 0. The average Bonchev–Trinajstić information content (AvgIpc) is 2.00. The van der Waals surface area contributed by atoms with Crippen molar-refractivity contribution in [3.05, 3.63) is 0 Å². The number of rotatable bonds is 5. The first-order chi connectivity index (χ1) is 6.11. The molecule has 0 saturated heterocycles. The zero-order valence-electron chi connectivity index (χ0n) is 8.91. The Balaban J connectivity index is -0.000000845. The monoisotopic (exact) mass is 256 g/mol. The molecule has 0 bridgehead atoms. The van der Waals surface area contributed by atoms with Gasteiger partial charge < -0.3 is 30.6 Å². The number of carbonyl (C=O) groups is 2. The second-order valence-corrected chi connectivity index (χ2v) is 2.69. The summed E-state index contributed by atoms with van der Waals surface area (Å²) in [6, 6.07) is 0. The maximum atomic E-state index is 10.1. The van der Waals surface area contributed by atoms with E-state index in [2.05, 4.69) is 0 Å². The van der Waals surface area contributed by atoms with Gasteiger partial charge >= 0.3 is 17.7 Å². The largest absolute Gasteiger partial charge is 0.481 e. The van der Waals surface area contributed by atoms with E-state index in [1.165, 1.54) is 0 Å². The van der Waals surface area contributed by atoms with Gasteiger partial charge in [0.2, 0.25) is 5.79 Å². The van der Waals surface area contributed by atoms with Crippen molar-refractivity contribution in [2.75, 3.05) is 0 Å². The molecule has 0 aromatic carbocycles. The van der Waals surface area contributed by atoms with Crippen LogP contribution in [0.25, 0.3) is 0 Å². The predicted molar refractivity (Wildman–Crippen MR) is 50.4 cm³/mol. The molecule has 16 heavy (non-hydrogen) atoms. The summed E-state index contributed by atoms with van der Waals surface area (Å²) in [4.78, 5) is 20.2. The number of hydrogen-bond donors (Lipinski definition) is 6. The van der Waals surface area contributed by atoms with Crippen molar-refractivity contribution in [1.82, 2.24) is 0 Å². The molecular formula is C6H10KLiO8. The van der Waals surface area contributed by atoms with E-state index in [0.717, 1.165) is 0 Å². The Bertz CT molecular complexity index is 253. The normalized spacial score (nSPS) is 11.0. The standard InChI is InChI=1S/C6H10O8.K.Li/c7-3(8)1-2-5(11,12)6(13,14)4(9)10;;/h11-14H,1-2H2,(H,7,8)(H,9,10);;. The molecule has 6 N–H and O–H groups in total. The summed E-state index contributed by atoms with van der Waals surface area (Å²) in [5.74, 6) is -10.9. The van der Waals surface area contributed by atoms with Gasteiger partial charge in [-0.05, 0) is 0 Å². The molecule has 0 aromatic heterocycles. The topological polar surface area (TPSA) is 156 Å². The maximum Gasteiger partial charge on any atom is 0.370 e. The van der Waals surface area contributed by atoms with Crippen LogP contribution >= 0.6 is 0 Å². The Morgan fingerprint density at radius 3 is 1.62 bits per heavy atom. The van der Waals surface area contributed by atoms with E-state index in [4.69, 9.17) is 30.6 Å². The first-order valence-electron chi connectivity index (χ1n) is 3.46. The molecule has 0 fully saturated rings. The quantitative estimate of drug-likeness (QED) is 0.219. The molecule has 0 rings (SSSR count). The van der Waals surface area contributed by atoms with Gasteiger partial charge in [-0.2, -0.15) is 0 Å². The van der Waals surface area contributed by atoms with Gasteiger partial charge in [0, 0.05) is 76.7 Å². The van der Waals surface area contributed by atoms with Crippen LogP contribution in [-0.4, -0.2) is 124 Å². The van der Waals surface area contributed by atoms with E-state index in [9.17, 15) is 9.59 Å². The molecule has 0 aromatic rings. The maximum absolute atomic E-state index is 10.1. The predicted octanol–water partition coefficient (Wildman–Crippen LogP) is -3.46. The molecule has 0 aliphatic rings. The summed E-state index contributed by atoms with van der Waals surface area (Å²) < 4.78 is 0. The summed E-state index contributed by atoms with van der Waals surface area (Å²) in [6.45, 7) is 0. The fourth-order valence-corrected chi connectivity index (χ4v) is 0.627. The van der Waals surface area contributed by atoms with Crippen LogP contribution in [0.3, 0.4) is 0 Å². The molecule has 0 spiro atoms. The third kappa shape index (κ3) is 6.08. The van der Waals surface area contributed by atoms with Crippen molar-refractivity contribution in [1.29, 1.82) is 0 Å². The summed E-state index contributed by atoms with van der Waals surface area (Å²) >= 11 is 0. The van der Waals surface area contributed by atoms with E-state index in [-0.39, 0.29) is 70.2 Å². The van der Waals surface area contributed by atoms with Crippen molar-refractivity contribution in [3.8, 4) is 0 Å². The molecule has 0 unspecified atom stereocenters. The van der Waals surface area contributed by atoms with Crippen molar-refractivity contribution in [2.45, 2.75) is 24.4 Å². The van der Waals surface area contributed by atoms with Gasteiger partial charge in [-0.1, -0.05) is 0 Å². The van der Waals surface area contributed by atoms with Crippen LogP contribution < -0.4 is 0 Å². The van der Waals surface area contributed by atoms with Crippen molar-refractivity contribution in [2.24, 2.45) is 0 Å². The molecule has 0 aliphatic carbocycles. The molecule has 0 atom stereocenters. The Labute approximate surface area is 145 Å². The Hall–Kier alpha value is 1.01. The first kappa shape index (κ1) is 22.2. The molecule has 0 amide bonds. The molecular weight excluding hydrogens is 246 g/mol. The fraction of sp³-hybridized carbons (Fsp3) is 0.667. The Kier molecular flexibility index (Phi) is 11.4. The van der Waals surface area contributed by atoms with Crippen LogP contribution in [0.1, 0.15) is 12.8 Å². The van der Waals surface area contributed by atoms with E-state index in [1.807, 2.05) is 0 Å². The van der Waals surface area contributed by atoms with Gasteiger partial charge in [-0.15, -0.1) is 0 Å². The third-order valence-corrected chi connectivity index (χ3v) is 1.54. The van der Waals surface area contributed by atoms with Crippen LogP contribution in [0.15, 0.2) is 0 Å². The number of carboxylic acids is 2. The van der Waals surface area contributed by atoms with E-state index in [1.54, 1.807) is 0 Å². The summed E-state index contributed by atoms with van der Waals surface area (Å²) in [5, 5.41) is 51.5. The second kappa shape index (κ2) is 8.17. The van der Waals surface area contributed by atoms with Crippen molar-refractivity contribution in [3.63, 3.8) is 0 Å². The molecule has 0 heterocycles. The van der Waals surface area contributed by atoms with Crippen LogP contribution in [0.4, 0.5) is 0 Å². The molecule has 0 saturated carbocycles. The number of aliphatic carboxylic acids is 2. The number of hydrogen-bond acceptors (Lipinski definition) is 6. The van der Waals surface area contributed by atoms with Gasteiger partial charge in [-0.25, -0.2) is 4.79 Å². The minimum atomic E-state index is -3.80. The minimum absolute atomic E-state index is 0. The third-order valence-electron chi connectivity index (χ3n) is 1.54. The Morgan fingerprint density at radius 1 is 1.00 bits per heavy atom. The molecule has 10 heteroatoms. The second-order valence-electron chi connectivity index (χ2n) is 2.69. The van der Waals surface area contributed by atoms with E-state index < -0.39 is 36.4 Å². The molecule has 84 valence electrons. The van der Waals surface area contributed by atoms with Gasteiger partial charge in [0.1, 0.15) is 0 Å². The van der Waals surface area contributed by atoms with Gasteiger partial charge in [0.15, 0.2) is 0 Å². The average molecular weight is 256 g/mol. The van der Waals surface area contributed by atoms with Crippen LogP contribution in [0, 0.1) is 0 Å². The Morgan fingerprint density at radius 2 is 1.38 bits per heavy atom. The molecule has 0 aliphatic heterocycles. The smallest absolute Gasteiger partial charge is 0.370 e. The summed E-state index contributed by atoms with van der Waals surface area (Å²) in [6.07, 6.45) is -1.84.